The Labute approximate surface area is 162 Å². The molecule has 0 radical (unpaired) electrons. The Balaban J connectivity index is 1.72. The van der Waals surface area contributed by atoms with Crippen LogP contribution in [0.25, 0.3) is 6.08 Å². The zero-order chi connectivity index (χ0) is 18.6. The third-order valence-electron chi connectivity index (χ3n) is 4.22. The van der Waals surface area contributed by atoms with Crippen molar-refractivity contribution in [2.24, 2.45) is 10.7 Å². The molecule has 1 unspecified atom stereocenters. The number of amidine groups is 1. The number of benzene rings is 2. The first-order valence-electron chi connectivity index (χ1n) is 8.28. The maximum absolute atomic E-state index is 13.2. The molecule has 0 aliphatic carbocycles. The average Bonchev–Trinajstić information content (AvgIpc) is 2.60. The van der Waals surface area contributed by atoms with Gasteiger partial charge in [-0.3, -0.25) is 4.99 Å². The molecule has 0 bridgehead atoms. The summed E-state index contributed by atoms with van der Waals surface area (Å²) < 4.78 is 13.2. The number of nitrogens with one attached hydrogen (secondary N) is 1. The molecule has 1 aliphatic rings. The summed E-state index contributed by atoms with van der Waals surface area (Å²) in [6.07, 6.45) is 4.48. The van der Waals surface area contributed by atoms with Crippen molar-refractivity contribution in [3.8, 4) is 0 Å². The van der Waals surface area contributed by atoms with E-state index in [-0.39, 0.29) is 11.4 Å². The number of rotatable bonds is 4. The van der Waals surface area contributed by atoms with Gasteiger partial charge in [-0.2, -0.15) is 0 Å². The van der Waals surface area contributed by atoms with Crippen molar-refractivity contribution in [2.75, 3.05) is 11.1 Å². The van der Waals surface area contributed by atoms with Gasteiger partial charge in [0.25, 0.3) is 0 Å². The smallest absolute Gasteiger partial charge is 0.154 e. The molecule has 1 aliphatic heterocycles. The van der Waals surface area contributed by atoms with Crippen molar-refractivity contribution < 1.29 is 4.39 Å². The van der Waals surface area contributed by atoms with Gasteiger partial charge in [0, 0.05) is 11.4 Å². The first-order valence-corrected chi connectivity index (χ1v) is 9.67. The highest BCUT2D eigenvalue weighted by Gasteiger charge is 2.29. The largest absolute Gasteiger partial charge is 0.379 e. The van der Waals surface area contributed by atoms with Crippen molar-refractivity contribution in [1.29, 1.82) is 0 Å². The summed E-state index contributed by atoms with van der Waals surface area (Å²) in [4.78, 5) is 5.19. The summed E-state index contributed by atoms with van der Waals surface area (Å²) in [5, 5.41) is 3.83. The second-order valence-corrected chi connectivity index (χ2v) is 7.84. The molecule has 134 valence electrons. The summed E-state index contributed by atoms with van der Waals surface area (Å²) in [7, 11) is 0. The summed E-state index contributed by atoms with van der Waals surface area (Å²) in [6, 6.07) is 14.4. The van der Waals surface area contributed by atoms with Crippen LogP contribution in [0.5, 0.6) is 0 Å². The zero-order valence-corrected chi connectivity index (χ0v) is 16.0. The molecule has 3 rings (SSSR count). The average molecular weight is 386 g/mol. The monoisotopic (exact) mass is 385 g/mol. The van der Waals surface area contributed by atoms with Gasteiger partial charge in [-0.1, -0.05) is 54.3 Å². The summed E-state index contributed by atoms with van der Waals surface area (Å²) in [5.41, 5.74) is 8.36. The normalized spacial score (nSPS) is 20.0. The van der Waals surface area contributed by atoms with Crippen LogP contribution in [0.1, 0.15) is 24.5 Å². The lowest BCUT2D eigenvalue weighted by Crippen LogP contribution is -2.28. The number of hydrogen-bond donors (Lipinski definition) is 2. The van der Waals surface area contributed by atoms with E-state index in [0.29, 0.717) is 10.2 Å². The van der Waals surface area contributed by atoms with Crippen LogP contribution >= 0.6 is 24.0 Å². The molecule has 0 aromatic heterocycles. The highest BCUT2D eigenvalue weighted by Crippen LogP contribution is 2.35. The minimum atomic E-state index is -0.313. The van der Waals surface area contributed by atoms with Crippen LogP contribution < -0.4 is 11.1 Å². The Morgan fingerprint density at radius 1 is 1.31 bits per heavy atom. The molecule has 0 spiro atoms. The van der Waals surface area contributed by atoms with Crippen LogP contribution in [-0.4, -0.2) is 15.9 Å². The number of halogens is 1. The highest BCUT2D eigenvalue weighted by atomic mass is 32.2. The van der Waals surface area contributed by atoms with Crippen LogP contribution in [0.15, 0.2) is 59.6 Å². The number of aliphatic imine (C=N–C) groups is 1. The van der Waals surface area contributed by atoms with Gasteiger partial charge in [-0.05, 0) is 54.8 Å². The van der Waals surface area contributed by atoms with Crippen molar-refractivity contribution >= 4 is 45.9 Å². The Kier molecular flexibility index (Phi) is 5.74. The quantitative estimate of drug-likeness (QED) is 0.578. The number of thiocarbonyl (C=S) groups is 1. The van der Waals surface area contributed by atoms with Crippen molar-refractivity contribution in [1.82, 2.24) is 0 Å². The Bertz CT molecular complexity index is 879. The van der Waals surface area contributed by atoms with Gasteiger partial charge in [0.2, 0.25) is 0 Å². The van der Waals surface area contributed by atoms with E-state index in [9.17, 15) is 4.39 Å². The molecule has 3 nitrogen and oxygen atoms in total. The van der Waals surface area contributed by atoms with Crippen LogP contribution in [-0.2, 0) is 5.54 Å². The van der Waals surface area contributed by atoms with E-state index in [4.69, 9.17) is 18.0 Å². The number of thioether (sulfide) groups is 1. The Hall–Kier alpha value is -2.18. The predicted molar refractivity (Wildman–Crippen MR) is 114 cm³/mol. The molecule has 2 aromatic carbocycles. The number of anilines is 1. The van der Waals surface area contributed by atoms with Crippen LogP contribution in [0.3, 0.4) is 0 Å². The second-order valence-electron chi connectivity index (χ2n) is 6.28. The third kappa shape index (κ3) is 4.71. The number of hydrogen-bond acceptors (Lipinski definition) is 4. The van der Waals surface area contributed by atoms with E-state index in [2.05, 4.69) is 29.4 Å². The topological polar surface area (TPSA) is 50.4 Å². The summed E-state index contributed by atoms with van der Waals surface area (Å²) >= 11 is 6.96. The molecule has 2 aromatic rings. The first-order chi connectivity index (χ1) is 12.4. The molecular weight excluding hydrogens is 365 g/mol. The first kappa shape index (κ1) is 18.6. The standard InChI is InChI=1S/C20H20FN3S2/c1-20(10-11-26-19(22)24-20)15-5-3-7-17(13-15)23-18(25)9-8-14-4-2-6-16(21)12-14/h2-9,12-13H,10-11H2,1H3,(H2,22,24)(H,23,25). The fraction of sp³-hybridized carbons (Fsp3) is 0.200. The van der Waals surface area contributed by atoms with Gasteiger partial charge in [0.15, 0.2) is 5.17 Å². The molecule has 0 amide bonds. The van der Waals surface area contributed by atoms with Crippen molar-refractivity contribution in [2.45, 2.75) is 18.9 Å². The maximum atomic E-state index is 13.2. The number of nitrogens with two attached hydrogens (primary N) is 1. The van der Waals surface area contributed by atoms with Crippen LogP contribution in [0, 0.1) is 5.82 Å². The molecular formula is C20H20FN3S2. The van der Waals surface area contributed by atoms with Crippen LogP contribution in [0.2, 0.25) is 0 Å². The molecule has 3 N–H and O–H groups in total. The lowest BCUT2D eigenvalue weighted by atomic mass is 9.89. The van der Waals surface area contributed by atoms with Gasteiger partial charge in [-0.25, -0.2) is 4.39 Å². The van der Waals surface area contributed by atoms with Gasteiger partial charge >= 0.3 is 0 Å². The molecule has 0 fully saturated rings. The predicted octanol–water partition coefficient (Wildman–Crippen LogP) is 4.95. The summed E-state index contributed by atoms with van der Waals surface area (Å²) in [5.74, 6) is 0.690. The Morgan fingerprint density at radius 2 is 2.12 bits per heavy atom. The second kappa shape index (κ2) is 8.01. The van der Waals surface area contributed by atoms with Gasteiger partial charge < -0.3 is 11.1 Å². The SMILES string of the molecule is CC1(c2cccc(NC(=S)C=Cc3cccc(F)c3)c2)CCSC(N)=N1. The van der Waals surface area contributed by atoms with E-state index < -0.39 is 0 Å². The molecule has 6 heteroatoms. The molecule has 0 saturated heterocycles. The van der Waals surface area contributed by atoms with E-state index in [1.54, 1.807) is 30.0 Å². The Morgan fingerprint density at radius 3 is 2.88 bits per heavy atom. The maximum Gasteiger partial charge on any atom is 0.154 e. The van der Waals surface area contributed by atoms with E-state index in [1.165, 1.54) is 12.1 Å². The van der Waals surface area contributed by atoms with Gasteiger partial charge in [0.05, 0.1) is 5.54 Å². The zero-order valence-electron chi connectivity index (χ0n) is 14.4. The lowest BCUT2D eigenvalue weighted by Gasteiger charge is -2.30. The highest BCUT2D eigenvalue weighted by molar-refractivity contribution is 8.13. The van der Waals surface area contributed by atoms with Crippen molar-refractivity contribution in [3.05, 3.63) is 71.6 Å². The minimum absolute atomic E-state index is 0.266. The van der Waals surface area contributed by atoms with Crippen LogP contribution in [0.4, 0.5) is 10.1 Å². The minimum Gasteiger partial charge on any atom is -0.379 e. The molecule has 1 heterocycles. The van der Waals surface area contributed by atoms with E-state index >= 15 is 0 Å². The summed E-state index contributed by atoms with van der Waals surface area (Å²) in [6.45, 7) is 2.10. The van der Waals surface area contributed by atoms with E-state index in [0.717, 1.165) is 29.0 Å². The van der Waals surface area contributed by atoms with Crippen molar-refractivity contribution in [3.63, 3.8) is 0 Å². The fourth-order valence-corrected chi connectivity index (χ4v) is 3.95. The van der Waals surface area contributed by atoms with Gasteiger partial charge in [-0.15, -0.1) is 0 Å². The number of nitrogens with zero attached hydrogens (tertiary/aromatic N) is 1. The fourth-order valence-electron chi connectivity index (χ4n) is 2.79. The third-order valence-corrected chi connectivity index (χ3v) is 5.26. The molecule has 26 heavy (non-hydrogen) atoms. The van der Waals surface area contributed by atoms with E-state index in [1.807, 2.05) is 18.2 Å². The van der Waals surface area contributed by atoms with Gasteiger partial charge in [0.1, 0.15) is 10.8 Å². The molecule has 0 saturated carbocycles. The lowest BCUT2D eigenvalue weighted by molar-refractivity contribution is 0.482. The molecule has 1 atom stereocenters.